The van der Waals surface area contributed by atoms with Crippen LogP contribution in [0.3, 0.4) is 0 Å². The topological polar surface area (TPSA) is 17.1 Å². The van der Waals surface area contributed by atoms with Crippen molar-refractivity contribution in [2.75, 3.05) is 0 Å². The summed E-state index contributed by atoms with van der Waals surface area (Å²) in [5.41, 5.74) is 0. The third-order valence-electron chi connectivity index (χ3n) is 4.07. The van der Waals surface area contributed by atoms with Gasteiger partial charge in [-0.1, -0.05) is 84.0 Å². The quantitative estimate of drug-likeness (QED) is 0.220. The molecule has 126 valence electrons. The van der Waals surface area contributed by atoms with Gasteiger partial charge in [0.2, 0.25) is 0 Å². The molecule has 1 nitrogen and oxygen atoms in total. The van der Waals surface area contributed by atoms with Gasteiger partial charge in [-0.3, -0.25) is 4.79 Å². The Balaban J connectivity index is 3.07. The molecule has 0 saturated heterocycles. The van der Waals surface area contributed by atoms with Crippen molar-refractivity contribution >= 4 is 17.4 Å². The predicted molar refractivity (Wildman–Crippen MR) is 95.3 cm³/mol. The van der Waals surface area contributed by atoms with Gasteiger partial charge in [0, 0.05) is 18.2 Å². The SMILES string of the molecule is CCCCCCCCCCCCCCCC(=O)CC(C)Cl. The Bertz CT molecular complexity index is 226. The van der Waals surface area contributed by atoms with Crippen molar-refractivity contribution in [3.05, 3.63) is 0 Å². The van der Waals surface area contributed by atoms with E-state index in [4.69, 9.17) is 11.6 Å². The van der Waals surface area contributed by atoms with E-state index in [0.29, 0.717) is 12.2 Å². The van der Waals surface area contributed by atoms with E-state index in [1.807, 2.05) is 6.92 Å². The molecule has 0 aliphatic heterocycles. The number of ketones is 1. The molecular weight excluding hydrogens is 280 g/mol. The number of hydrogen-bond donors (Lipinski definition) is 0. The molecule has 0 amide bonds. The Morgan fingerprint density at radius 1 is 0.762 bits per heavy atom. The second kappa shape index (κ2) is 16.3. The maximum absolute atomic E-state index is 11.5. The summed E-state index contributed by atoms with van der Waals surface area (Å²) in [4.78, 5) is 11.5. The number of alkyl halides is 1. The minimum Gasteiger partial charge on any atom is -0.300 e. The molecule has 0 rings (SSSR count). The van der Waals surface area contributed by atoms with Crippen LogP contribution in [0.2, 0.25) is 0 Å². The largest absolute Gasteiger partial charge is 0.300 e. The van der Waals surface area contributed by atoms with Crippen molar-refractivity contribution in [1.29, 1.82) is 0 Å². The van der Waals surface area contributed by atoms with Gasteiger partial charge in [0.05, 0.1) is 0 Å². The summed E-state index contributed by atoms with van der Waals surface area (Å²) in [7, 11) is 0. The number of hydrogen-bond acceptors (Lipinski definition) is 1. The number of unbranched alkanes of at least 4 members (excludes halogenated alkanes) is 12. The smallest absolute Gasteiger partial charge is 0.134 e. The molecule has 0 spiro atoms. The maximum Gasteiger partial charge on any atom is 0.134 e. The van der Waals surface area contributed by atoms with Gasteiger partial charge in [-0.2, -0.15) is 0 Å². The summed E-state index contributed by atoms with van der Waals surface area (Å²) in [6, 6.07) is 0. The zero-order valence-electron chi connectivity index (χ0n) is 14.5. The molecule has 1 unspecified atom stereocenters. The number of rotatable bonds is 16. The van der Waals surface area contributed by atoms with Crippen LogP contribution in [0.4, 0.5) is 0 Å². The highest BCUT2D eigenvalue weighted by atomic mass is 35.5. The first-order valence-electron chi connectivity index (χ1n) is 9.32. The van der Waals surface area contributed by atoms with Crippen LogP contribution < -0.4 is 0 Å². The zero-order valence-corrected chi connectivity index (χ0v) is 15.2. The van der Waals surface area contributed by atoms with E-state index in [9.17, 15) is 4.79 Å². The van der Waals surface area contributed by atoms with Crippen LogP contribution in [0, 0.1) is 0 Å². The summed E-state index contributed by atoms with van der Waals surface area (Å²) in [5.74, 6) is 0.334. The Kier molecular flexibility index (Phi) is 16.3. The maximum atomic E-state index is 11.5. The lowest BCUT2D eigenvalue weighted by Gasteiger charge is -2.04. The van der Waals surface area contributed by atoms with Gasteiger partial charge in [-0.15, -0.1) is 11.6 Å². The van der Waals surface area contributed by atoms with Crippen LogP contribution in [0.1, 0.15) is 110 Å². The first-order valence-corrected chi connectivity index (χ1v) is 9.76. The summed E-state index contributed by atoms with van der Waals surface area (Å²) >= 11 is 5.81. The Hall–Kier alpha value is -0.0400. The van der Waals surface area contributed by atoms with E-state index in [0.717, 1.165) is 12.8 Å². The number of carbonyl (C=O) groups excluding carboxylic acids is 1. The average molecular weight is 317 g/mol. The standard InChI is InChI=1S/C19H37ClO/c1-3-4-5-6-7-8-9-10-11-12-13-14-15-16-19(21)17-18(2)20/h18H,3-17H2,1-2H3. The third-order valence-corrected chi connectivity index (χ3v) is 4.22. The highest BCUT2D eigenvalue weighted by molar-refractivity contribution is 6.21. The van der Waals surface area contributed by atoms with Crippen molar-refractivity contribution in [3.63, 3.8) is 0 Å². The fourth-order valence-electron chi connectivity index (χ4n) is 2.76. The fraction of sp³-hybridized carbons (Fsp3) is 0.947. The minimum atomic E-state index is -0.000488. The molecule has 0 aromatic heterocycles. The lowest BCUT2D eigenvalue weighted by molar-refractivity contribution is -0.119. The molecule has 0 fully saturated rings. The van der Waals surface area contributed by atoms with Crippen LogP contribution in [0.5, 0.6) is 0 Å². The molecule has 0 bridgehead atoms. The summed E-state index contributed by atoms with van der Waals surface area (Å²) in [5, 5.41) is -0.000488. The van der Waals surface area contributed by atoms with Gasteiger partial charge < -0.3 is 0 Å². The van der Waals surface area contributed by atoms with Crippen molar-refractivity contribution in [2.24, 2.45) is 0 Å². The normalized spacial score (nSPS) is 12.5. The molecule has 1 atom stereocenters. The van der Waals surface area contributed by atoms with Crippen LogP contribution in [0.15, 0.2) is 0 Å². The monoisotopic (exact) mass is 316 g/mol. The molecule has 0 N–H and O–H groups in total. The van der Waals surface area contributed by atoms with Gasteiger partial charge in [0.25, 0.3) is 0 Å². The van der Waals surface area contributed by atoms with E-state index < -0.39 is 0 Å². The molecule has 21 heavy (non-hydrogen) atoms. The predicted octanol–water partition coefficient (Wildman–Crippen LogP) is 7.05. The Morgan fingerprint density at radius 3 is 1.52 bits per heavy atom. The van der Waals surface area contributed by atoms with E-state index >= 15 is 0 Å². The lowest BCUT2D eigenvalue weighted by Crippen LogP contribution is -2.04. The summed E-state index contributed by atoms with van der Waals surface area (Å²) in [6.07, 6.45) is 18.8. The van der Waals surface area contributed by atoms with Crippen molar-refractivity contribution in [1.82, 2.24) is 0 Å². The highest BCUT2D eigenvalue weighted by Gasteiger charge is 2.05. The van der Waals surface area contributed by atoms with Gasteiger partial charge >= 0.3 is 0 Å². The molecule has 0 heterocycles. The number of halogens is 1. The molecule has 0 saturated carbocycles. The second-order valence-electron chi connectivity index (χ2n) is 6.52. The molecule has 0 aromatic carbocycles. The average Bonchev–Trinajstić information content (AvgIpc) is 2.43. The second-order valence-corrected chi connectivity index (χ2v) is 7.26. The molecule has 2 heteroatoms. The Labute approximate surface area is 138 Å². The van der Waals surface area contributed by atoms with Gasteiger partial charge in [-0.05, 0) is 13.3 Å². The molecule has 0 radical (unpaired) electrons. The highest BCUT2D eigenvalue weighted by Crippen LogP contribution is 2.13. The molecule has 0 aliphatic rings. The van der Waals surface area contributed by atoms with Crippen molar-refractivity contribution in [2.45, 2.75) is 116 Å². The third kappa shape index (κ3) is 17.9. The lowest BCUT2D eigenvalue weighted by atomic mass is 10.0. The van der Waals surface area contributed by atoms with Crippen LogP contribution >= 0.6 is 11.6 Å². The molecule has 0 aromatic rings. The van der Waals surface area contributed by atoms with E-state index in [-0.39, 0.29) is 5.38 Å². The molecule has 0 aliphatic carbocycles. The summed E-state index contributed by atoms with van der Waals surface area (Å²) < 4.78 is 0. The fourth-order valence-corrected chi connectivity index (χ4v) is 2.93. The first kappa shape index (κ1) is 21.0. The zero-order chi connectivity index (χ0) is 15.8. The number of Topliss-reactive ketones (excluding diaryl/α,β-unsaturated/α-hetero) is 1. The van der Waals surface area contributed by atoms with Crippen LogP contribution in [0.25, 0.3) is 0 Å². The summed E-state index contributed by atoms with van der Waals surface area (Å²) in [6.45, 7) is 4.16. The van der Waals surface area contributed by atoms with Crippen molar-refractivity contribution < 1.29 is 4.79 Å². The van der Waals surface area contributed by atoms with E-state index in [1.54, 1.807) is 0 Å². The van der Waals surface area contributed by atoms with Gasteiger partial charge in [0.15, 0.2) is 0 Å². The van der Waals surface area contributed by atoms with Crippen molar-refractivity contribution in [3.8, 4) is 0 Å². The van der Waals surface area contributed by atoms with E-state index in [2.05, 4.69) is 6.92 Å². The van der Waals surface area contributed by atoms with Gasteiger partial charge in [0.1, 0.15) is 5.78 Å². The number of carbonyl (C=O) groups is 1. The molecular formula is C19H37ClO. The first-order chi connectivity index (χ1) is 10.2. The minimum absolute atomic E-state index is 0.000488. The van der Waals surface area contributed by atoms with Crippen LogP contribution in [-0.2, 0) is 4.79 Å². The Morgan fingerprint density at radius 2 is 1.14 bits per heavy atom. The van der Waals surface area contributed by atoms with E-state index in [1.165, 1.54) is 77.0 Å². The van der Waals surface area contributed by atoms with Crippen LogP contribution in [-0.4, -0.2) is 11.2 Å². The van der Waals surface area contributed by atoms with Gasteiger partial charge in [-0.25, -0.2) is 0 Å².